The SMILES string of the molecule is O=C1CC(O)CN1Cc1ccc(F)c(Cl)c1. The first-order chi connectivity index (χ1) is 7.56. The van der Waals surface area contributed by atoms with Crippen molar-refractivity contribution in [1.82, 2.24) is 4.90 Å². The molecule has 86 valence electrons. The predicted molar refractivity (Wildman–Crippen MR) is 57.5 cm³/mol. The Morgan fingerprint density at radius 2 is 2.31 bits per heavy atom. The Hall–Kier alpha value is -1.13. The van der Waals surface area contributed by atoms with Gasteiger partial charge in [0.05, 0.1) is 17.5 Å². The zero-order chi connectivity index (χ0) is 11.7. The summed E-state index contributed by atoms with van der Waals surface area (Å²) in [4.78, 5) is 12.9. The predicted octanol–water partition coefficient (Wildman–Crippen LogP) is 1.57. The average molecular weight is 244 g/mol. The number of halogens is 2. The van der Waals surface area contributed by atoms with Gasteiger partial charge in [-0.25, -0.2) is 4.39 Å². The van der Waals surface area contributed by atoms with Crippen LogP contribution in [0.3, 0.4) is 0 Å². The zero-order valence-electron chi connectivity index (χ0n) is 8.49. The van der Waals surface area contributed by atoms with Gasteiger partial charge >= 0.3 is 0 Å². The summed E-state index contributed by atoms with van der Waals surface area (Å²) in [5, 5.41) is 9.34. The molecule has 16 heavy (non-hydrogen) atoms. The molecule has 1 heterocycles. The standard InChI is InChI=1S/C11H11ClFNO2/c12-9-3-7(1-2-10(9)13)5-14-6-8(15)4-11(14)16/h1-3,8,15H,4-6H2. The second-order valence-corrected chi connectivity index (χ2v) is 4.29. The van der Waals surface area contributed by atoms with E-state index in [9.17, 15) is 14.3 Å². The normalized spacial score (nSPS) is 20.6. The van der Waals surface area contributed by atoms with E-state index in [0.29, 0.717) is 13.1 Å². The smallest absolute Gasteiger partial charge is 0.225 e. The molecule has 1 aromatic rings. The summed E-state index contributed by atoms with van der Waals surface area (Å²) in [5.41, 5.74) is 0.758. The number of aliphatic hydroxyl groups is 1. The number of carbonyl (C=O) groups is 1. The number of rotatable bonds is 2. The molecular formula is C11H11ClFNO2. The highest BCUT2D eigenvalue weighted by atomic mass is 35.5. The molecule has 1 fully saturated rings. The van der Waals surface area contributed by atoms with Crippen molar-refractivity contribution >= 4 is 17.5 Å². The maximum atomic E-state index is 12.9. The summed E-state index contributed by atoms with van der Waals surface area (Å²) in [6.45, 7) is 0.684. The van der Waals surface area contributed by atoms with Crippen LogP contribution < -0.4 is 0 Å². The number of hydrogen-bond donors (Lipinski definition) is 1. The van der Waals surface area contributed by atoms with E-state index in [-0.39, 0.29) is 17.4 Å². The number of carbonyl (C=O) groups excluding carboxylic acids is 1. The lowest BCUT2D eigenvalue weighted by molar-refractivity contribution is -0.128. The Bertz CT molecular complexity index is 424. The van der Waals surface area contributed by atoms with Gasteiger partial charge in [0, 0.05) is 13.1 Å². The molecule has 0 bridgehead atoms. The first-order valence-electron chi connectivity index (χ1n) is 4.96. The summed E-state index contributed by atoms with van der Waals surface area (Å²) in [7, 11) is 0. The minimum atomic E-state index is -0.594. The largest absolute Gasteiger partial charge is 0.391 e. The Morgan fingerprint density at radius 1 is 1.56 bits per heavy atom. The van der Waals surface area contributed by atoms with Crippen molar-refractivity contribution in [3.8, 4) is 0 Å². The van der Waals surface area contributed by atoms with Gasteiger partial charge in [0.15, 0.2) is 0 Å². The van der Waals surface area contributed by atoms with Gasteiger partial charge in [0.1, 0.15) is 5.82 Å². The second-order valence-electron chi connectivity index (χ2n) is 3.88. The molecule has 0 aromatic heterocycles. The van der Waals surface area contributed by atoms with Crippen LogP contribution in [0.5, 0.6) is 0 Å². The second kappa shape index (κ2) is 4.39. The Balaban J connectivity index is 2.09. The molecule has 0 saturated carbocycles. The number of benzene rings is 1. The van der Waals surface area contributed by atoms with Crippen LogP contribution in [0.4, 0.5) is 4.39 Å². The quantitative estimate of drug-likeness (QED) is 0.857. The van der Waals surface area contributed by atoms with Crippen LogP contribution in [0.1, 0.15) is 12.0 Å². The average Bonchev–Trinajstić information content (AvgIpc) is 2.51. The lowest BCUT2D eigenvalue weighted by atomic mass is 10.2. The van der Waals surface area contributed by atoms with E-state index in [1.54, 1.807) is 6.07 Å². The molecule has 1 aromatic carbocycles. The summed E-state index contributed by atoms with van der Waals surface area (Å²) >= 11 is 5.64. The molecule has 2 rings (SSSR count). The number of amides is 1. The third-order valence-electron chi connectivity index (χ3n) is 2.55. The van der Waals surface area contributed by atoms with Crippen LogP contribution in [0.25, 0.3) is 0 Å². The van der Waals surface area contributed by atoms with Crippen molar-refractivity contribution in [1.29, 1.82) is 0 Å². The first-order valence-corrected chi connectivity index (χ1v) is 5.34. The van der Waals surface area contributed by atoms with Gasteiger partial charge in [-0.2, -0.15) is 0 Å². The Kier molecular flexibility index (Phi) is 3.12. The van der Waals surface area contributed by atoms with Gasteiger partial charge in [0.2, 0.25) is 5.91 Å². The highest BCUT2D eigenvalue weighted by molar-refractivity contribution is 6.30. The molecule has 1 amide bonds. The van der Waals surface area contributed by atoms with Crippen LogP contribution in [-0.4, -0.2) is 28.6 Å². The number of aliphatic hydroxyl groups excluding tert-OH is 1. The molecular weight excluding hydrogens is 233 g/mol. The highest BCUT2D eigenvalue weighted by Gasteiger charge is 2.27. The molecule has 0 aliphatic carbocycles. The van der Waals surface area contributed by atoms with Crippen molar-refractivity contribution in [3.05, 3.63) is 34.6 Å². The van der Waals surface area contributed by atoms with E-state index in [2.05, 4.69) is 0 Å². The van der Waals surface area contributed by atoms with Gasteiger partial charge in [-0.1, -0.05) is 17.7 Å². The van der Waals surface area contributed by atoms with Gasteiger partial charge < -0.3 is 10.0 Å². The van der Waals surface area contributed by atoms with Gasteiger partial charge in [-0.15, -0.1) is 0 Å². The molecule has 0 radical (unpaired) electrons. The van der Waals surface area contributed by atoms with E-state index in [1.165, 1.54) is 17.0 Å². The fourth-order valence-corrected chi connectivity index (χ4v) is 1.97. The van der Waals surface area contributed by atoms with Crippen molar-refractivity contribution in [3.63, 3.8) is 0 Å². The highest BCUT2D eigenvalue weighted by Crippen LogP contribution is 2.19. The van der Waals surface area contributed by atoms with Crippen molar-refractivity contribution in [2.24, 2.45) is 0 Å². The number of β-amino-alcohol motifs (C(OH)–C–C–N with tert-alkyl or cyclic N) is 1. The van der Waals surface area contributed by atoms with E-state index < -0.39 is 11.9 Å². The molecule has 1 N–H and O–H groups in total. The molecule has 1 saturated heterocycles. The van der Waals surface area contributed by atoms with Crippen LogP contribution in [0, 0.1) is 5.82 Å². The summed E-state index contributed by atoms with van der Waals surface area (Å²) in [6, 6.07) is 4.35. The van der Waals surface area contributed by atoms with Crippen molar-refractivity contribution in [2.75, 3.05) is 6.54 Å². The Morgan fingerprint density at radius 3 is 2.88 bits per heavy atom. The van der Waals surface area contributed by atoms with Crippen LogP contribution >= 0.6 is 11.6 Å². The zero-order valence-corrected chi connectivity index (χ0v) is 9.25. The fourth-order valence-electron chi connectivity index (χ4n) is 1.76. The van der Waals surface area contributed by atoms with Gasteiger partial charge in [0.25, 0.3) is 0 Å². The molecule has 0 spiro atoms. The van der Waals surface area contributed by atoms with E-state index in [0.717, 1.165) is 5.56 Å². The fraction of sp³-hybridized carbons (Fsp3) is 0.364. The monoisotopic (exact) mass is 243 g/mol. The first kappa shape index (κ1) is 11.4. The third-order valence-corrected chi connectivity index (χ3v) is 2.84. The molecule has 1 unspecified atom stereocenters. The molecule has 5 heteroatoms. The van der Waals surface area contributed by atoms with Crippen LogP contribution in [0.2, 0.25) is 5.02 Å². The Labute approximate surface area is 97.4 Å². The molecule has 3 nitrogen and oxygen atoms in total. The minimum Gasteiger partial charge on any atom is -0.391 e. The topological polar surface area (TPSA) is 40.5 Å². The number of hydrogen-bond acceptors (Lipinski definition) is 2. The van der Waals surface area contributed by atoms with E-state index in [4.69, 9.17) is 11.6 Å². The maximum absolute atomic E-state index is 12.9. The van der Waals surface area contributed by atoms with Gasteiger partial charge in [-0.3, -0.25) is 4.79 Å². The summed E-state index contributed by atoms with van der Waals surface area (Å²) < 4.78 is 12.9. The van der Waals surface area contributed by atoms with Crippen molar-refractivity contribution < 1.29 is 14.3 Å². The maximum Gasteiger partial charge on any atom is 0.225 e. The van der Waals surface area contributed by atoms with Crippen LogP contribution in [-0.2, 0) is 11.3 Å². The lowest BCUT2D eigenvalue weighted by Crippen LogP contribution is -2.25. The summed E-state index contributed by atoms with van der Waals surface area (Å²) in [6.07, 6.45) is -0.432. The van der Waals surface area contributed by atoms with Crippen molar-refractivity contribution in [2.45, 2.75) is 19.1 Å². The van der Waals surface area contributed by atoms with E-state index >= 15 is 0 Å². The molecule has 1 aliphatic rings. The molecule has 1 aliphatic heterocycles. The lowest BCUT2D eigenvalue weighted by Gasteiger charge is -2.15. The van der Waals surface area contributed by atoms with Gasteiger partial charge in [-0.05, 0) is 17.7 Å². The minimum absolute atomic E-state index is 0.0460. The summed E-state index contributed by atoms with van der Waals surface area (Å²) in [5.74, 6) is -0.564. The number of likely N-dealkylation sites (tertiary alicyclic amines) is 1. The molecule has 1 atom stereocenters. The van der Waals surface area contributed by atoms with Crippen LogP contribution in [0.15, 0.2) is 18.2 Å². The third kappa shape index (κ3) is 2.33. The van der Waals surface area contributed by atoms with E-state index in [1.807, 2.05) is 0 Å². The number of nitrogens with zero attached hydrogens (tertiary/aromatic N) is 1.